The third-order valence-electron chi connectivity index (χ3n) is 5.52. The molecule has 23 heavy (non-hydrogen) atoms. The molecule has 0 bridgehead atoms. The summed E-state index contributed by atoms with van der Waals surface area (Å²) in [4.78, 5) is 8.86. The number of nitrogens with zero attached hydrogens (tertiary/aromatic N) is 3. The van der Waals surface area contributed by atoms with Crippen LogP contribution in [0.2, 0.25) is 0 Å². The number of hydrogen-bond donors (Lipinski definition) is 0. The Kier molecular flexibility index (Phi) is 3.27. The highest BCUT2D eigenvalue weighted by molar-refractivity contribution is 7.13. The Morgan fingerprint density at radius 3 is 2.83 bits per heavy atom. The van der Waals surface area contributed by atoms with Crippen LogP contribution in [0.15, 0.2) is 42.2 Å². The first-order chi connectivity index (χ1) is 11.4. The first-order valence-corrected chi connectivity index (χ1v) is 9.54. The Labute approximate surface area is 140 Å². The largest absolute Gasteiger partial charge is 0.305 e. The molecule has 1 aliphatic heterocycles. The summed E-state index contributed by atoms with van der Waals surface area (Å²) in [6.45, 7) is 1.25. The van der Waals surface area contributed by atoms with Gasteiger partial charge in [0.05, 0.1) is 23.6 Å². The Hall–Kier alpha value is -1.65. The van der Waals surface area contributed by atoms with E-state index in [2.05, 4.69) is 45.1 Å². The van der Waals surface area contributed by atoms with Crippen LogP contribution in [0, 0.1) is 0 Å². The normalized spacial score (nSPS) is 22.7. The van der Waals surface area contributed by atoms with Crippen molar-refractivity contribution in [2.45, 2.75) is 44.2 Å². The van der Waals surface area contributed by atoms with Crippen LogP contribution in [0.25, 0.3) is 16.0 Å². The molecule has 4 heteroatoms. The van der Waals surface area contributed by atoms with Gasteiger partial charge < -0.3 is 4.40 Å². The van der Waals surface area contributed by atoms with Crippen LogP contribution in [-0.4, -0.2) is 26.9 Å². The smallest absolute Gasteiger partial charge is 0.0996 e. The molecule has 1 atom stereocenters. The van der Waals surface area contributed by atoms with E-state index < -0.39 is 0 Å². The van der Waals surface area contributed by atoms with E-state index in [9.17, 15) is 0 Å². The summed E-state index contributed by atoms with van der Waals surface area (Å²) in [5.41, 5.74) is 3.84. The average molecular weight is 323 g/mol. The zero-order valence-electron chi connectivity index (χ0n) is 13.2. The highest BCUT2D eigenvalue weighted by Gasteiger charge is 2.36. The van der Waals surface area contributed by atoms with Gasteiger partial charge in [0.15, 0.2) is 0 Å². The maximum atomic E-state index is 4.82. The van der Waals surface area contributed by atoms with Crippen molar-refractivity contribution in [3.8, 4) is 10.4 Å². The molecule has 2 aliphatic rings. The van der Waals surface area contributed by atoms with Crippen molar-refractivity contribution in [1.29, 1.82) is 0 Å². The number of pyridine rings is 1. The molecule has 0 aromatic carbocycles. The minimum atomic E-state index is 0.526. The SMILES string of the molecule is c1csc(-c2ccc3c([C@H]4CCCN4C4CCC4)ncn3c2)c1. The van der Waals surface area contributed by atoms with Crippen molar-refractivity contribution in [2.75, 3.05) is 6.54 Å². The van der Waals surface area contributed by atoms with Gasteiger partial charge in [0.25, 0.3) is 0 Å². The summed E-state index contributed by atoms with van der Waals surface area (Å²) in [5.74, 6) is 0. The molecule has 1 saturated heterocycles. The van der Waals surface area contributed by atoms with E-state index in [4.69, 9.17) is 4.98 Å². The van der Waals surface area contributed by atoms with Crippen molar-refractivity contribution < 1.29 is 0 Å². The zero-order valence-corrected chi connectivity index (χ0v) is 14.0. The van der Waals surface area contributed by atoms with E-state index >= 15 is 0 Å². The van der Waals surface area contributed by atoms with Crippen LogP contribution in [0.3, 0.4) is 0 Å². The van der Waals surface area contributed by atoms with E-state index in [-0.39, 0.29) is 0 Å². The number of thiophene rings is 1. The molecule has 3 nitrogen and oxygen atoms in total. The predicted octanol–water partition coefficient (Wildman–Crippen LogP) is 4.75. The Morgan fingerprint density at radius 2 is 2.04 bits per heavy atom. The number of likely N-dealkylation sites (tertiary alicyclic amines) is 1. The molecule has 1 aliphatic carbocycles. The van der Waals surface area contributed by atoms with Gasteiger partial charge >= 0.3 is 0 Å². The Bertz CT molecular complexity index is 816. The first kappa shape index (κ1) is 13.8. The van der Waals surface area contributed by atoms with Crippen molar-refractivity contribution >= 4 is 16.9 Å². The second-order valence-electron chi connectivity index (χ2n) is 6.80. The fourth-order valence-corrected chi connectivity index (χ4v) is 4.82. The van der Waals surface area contributed by atoms with Crippen molar-refractivity contribution in [3.63, 3.8) is 0 Å². The van der Waals surface area contributed by atoms with Crippen LogP contribution < -0.4 is 0 Å². The lowest BCUT2D eigenvalue weighted by Crippen LogP contribution is -2.39. The maximum Gasteiger partial charge on any atom is 0.0996 e. The average Bonchev–Trinajstić information content (AvgIpc) is 3.25. The zero-order chi connectivity index (χ0) is 15.2. The minimum Gasteiger partial charge on any atom is -0.305 e. The van der Waals surface area contributed by atoms with Gasteiger partial charge in [-0.1, -0.05) is 12.5 Å². The van der Waals surface area contributed by atoms with Crippen LogP contribution in [0.5, 0.6) is 0 Å². The number of aromatic nitrogens is 2. The number of imidazole rings is 1. The van der Waals surface area contributed by atoms with E-state index in [0.717, 1.165) is 6.04 Å². The number of rotatable bonds is 3. The summed E-state index contributed by atoms with van der Waals surface area (Å²) in [6.07, 6.45) is 11.0. The van der Waals surface area contributed by atoms with E-state index in [1.54, 1.807) is 11.3 Å². The van der Waals surface area contributed by atoms with Crippen LogP contribution in [0.1, 0.15) is 43.8 Å². The van der Waals surface area contributed by atoms with Gasteiger partial charge in [0.2, 0.25) is 0 Å². The quantitative estimate of drug-likeness (QED) is 0.693. The van der Waals surface area contributed by atoms with E-state index in [0.29, 0.717) is 6.04 Å². The lowest BCUT2D eigenvalue weighted by atomic mass is 9.90. The van der Waals surface area contributed by atoms with Crippen molar-refractivity contribution in [1.82, 2.24) is 14.3 Å². The van der Waals surface area contributed by atoms with Gasteiger partial charge in [-0.2, -0.15) is 0 Å². The monoisotopic (exact) mass is 323 g/mol. The van der Waals surface area contributed by atoms with Gasteiger partial charge in [-0.3, -0.25) is 4.90 Å². The van der Waals surface area contributed by atoms with Crippen LogP contribution in [-0.2, 0) is 0 Å². The standard InChI is InChI=1S/C19H21N3S/c1-4-15(5-1)22-10-2-6-17(22)19-16-9-8-14(12-21(16)13-20-19)18-7-3-11-23-18/h3,7-9,11-13,15,17H,1-2,4-6,10H2/t17-/m1/s1. The third kappa shape index (κ3) is 2.24. The second kappa shape index (κ2) is 5.46. The molecule has 5 rings (SSSR count). The second-order valence-corrected chi connectivity index (χ2v) is 7.75. The molecule has 2 fully saturated rings. The Morgan fingerprint density at radius 1 is 1.09 bits per heavy atom. The minimum absolute atomic E-state index is 0.526. The molecule has 118 valence electrons. The summed E-state index contributed by atoms with van der Waals surface area (Å²) in [5, 5.41) is 2.13. The van der Waals surface area contributed by atoms with Gasteiger partial charge in [-0.05, 0) is 55.8 Å². The number of hydrogen-bond acceptors (Lipinski definition) is 3. The molecule has 0 unspecified atom stereocenters. The van der Waals surface area contributed by atoms with Gasteiger partial charge in [0.1, 0.15) is 0 Å². The van der Waals surface area contributed by atoms with E-state index in [1.807, 2.05) is 6.33 Å². The summed E-state index contributed by atoms with van der Waals surface area (Å²) < 4.78 is 2.21. The molecular formula is C19H21N3S. The lowest BCUT2D eigenvalue weighted by Gasteiger charge is -2.38. The highest BCUT2D eigenvalue weighted by Crippen LogP contribution is 2.40. The number of fused-ring (bicyclic) bond motifs is 1. The summed E-state index contributed by atoms with van der Waals surface area (Å²) >= 11 is 1.79. The molecule has 0 spiro atoms. The lowest BCUT2D eigenvalue weighted by molar-refractivity contribution is 0.113. The maximum absolute atomic E-state index is 4.82. The van der Waals surface area contributed by atoms with Gasteiger partial charge in [-0.15, -0.1) is 11.3 Å². The molecule has 1 saturated carbocycles. The Balaban J connectivity index is 1.52. The molecule has 4 heterocycles. The molecular weight excluding hydrogens is 302 g/mol. The van der Waals surface area contributed by atoms with E-state index in [1.165, 1.54) is 60.3 Å². The fraction of sp³-hybridized carbons (Fsp3) is 0.421. The van der Waals surface area contributed by atoms with Crippen LogP contribution in [0.4, 0.5) is 0 Å². The molecule has 0 radical (unpaired) electrons. The van der Waals surface area contributed by atoms with Gasteiger partial charge in [0, 0.05) is 22.7 Å². The molecule has 0 N–H and O–H groups in total. The van der Waals surface area contributed by atoms with Gasteiger partial charge in [-0.25, -0.2) is 4.98 Å². The molecule has 3 aromatic rings. The third-order valence-corrected chi connectivity index (χ3v) is 6.44. The first-order valence-electron chi connectivity index (χ1n) is 8.66. The van der Waals surface area contributed by atoms with Crippen molar-refractivity contribution in [3.05, 3.63) is 47.9 Å². The summed E-state index contributed by atoms with van der Waals surface area (Å²) in [6, 6.07) is 10.1. The topological polar surface area (TPSA) is 20.5 Å². The highest BCUT2D eigenvalue weighted by atomic mass is 32.1. The summed E-state index contributed by atoms with van der Waals surface area (Å²) in [7, 11) is 0. The predicted molar refractivity (Wildman–Crippen MR) is 94.8 cm³/mol. The van der Waals surface area contributed by atoms with Crippen LogP contribution >= 0.6 is 11.3 Å². The fourth-order valence-electron chi connectivity index (χ4n) is 4.10. The molecule has 0 amide bonds. The molecule has 3 aromatic heterocycles. The van der Waals surface area contributed by atoms with Crippen molar-refractivity contribution in [2.24, 2.45) is 0 Å².